The summed E-state index contributed by atoms with van der Waals surface area (Å²) in [6.07, 6.45) is 1.21. The van der Waals surface area contributed by atoms with Gasteiger partial charge in [-0.2, -0.15) is 0 Å². The quantitative estimate of drug-likeness (QED) is 0.486. The zero-order valence-corrected chi connectivity index (χ0v) is 13.1. The van der Waals surface area contributed by atoms with Crippen LogP contribution in [0.1, 0.15) is 10.6 Å². The van der Waals surface area contributed by atoms with E-state index in [2.05, 4.69) is 4.74 Å². The summed E-state index contributed by atoms with van der Waals surface area (Å²) in [4.78, 5) is 36.9. The molecule has 0 atom stereocenters. The molecule has 3 rings (SSSR count). The average Bonchev–Trinajstić information content (AvgIpc) is 3.13. The Morgan fingerprint density at radius 3 is 2.91 bits per heavy atom. The summed E-state index contributed by atoms with van der Waals surface area (Å²) in [5.41, 5.74) is 0.614. The number of para-hydroxylation sites is 1. The molecule has 1 amide bonds. The normalized spacial score (nSPS) is 16.3. The molecule has 6 nitrogen and oxygen atoms in total. The number of esters is 1. The first-order valence-electron chi connectivity index (χ1n) is 6.83. The Hall–Kier alpha value is -2.54. The molecule has 2 aromatic rings. The van der Waals surface area contributed by atoms with Gasteiger partial charge in [-0.05, 0) is 12.1 Å². The Morgan fingerprint density at radius 1 is 1.39 bits per heavy atom. The number of ether oxygens (including phenoxy) is 1. The molecule has 23 heavy (non-hydrogen) atoms. The molecule has 118 valence electrons. The molecule has 0 saturated carbocycles. The highest BCUT2D eigenvalue weighted by molar-refractivity contribution is 8.04. The average molecular weight is 331 g/mol. The van der Waals surface area contributed by atoms with Crippen molar-refractivity contribution in [2.45, 2.75) is 0 Å². The molecule has 7 heteroatoms. The number of furan rings is 1. The smallest absolute Gasteiger partial charge is 0.333 e. The molecule has 0 spiro atoms. The van der Waals surface area contributed by atoms with Crippen molar-refractivity contribution in [1.29, 1.82) is 0 Å². The fraction of sp³-hybridized carbons (Fsp3) is 0.188. The van der Waals surface area contributed by atoms with E-state index in [1.807, 2.05) is 18.2 Å². The van der Waals surface area contributed by atoms with Crippen molar-refractivity contribution in [2.24, 2.45) is 0 Å². The van der Waals surface area contributed by atoms with Gasteiger partial charge in [0.05, 0.1) is 30.5 Å². The zero-order valence-electron chi connectivity index (χ0n) is 12.3. The fourth-order valence-corrected chi connectivity index (χ4v) is 3.13. The van der Waals surface area contributed by atoms with Gasteiger partial charge in [0.15, 0.2) is 5.76 Å². The number of benzene rings is 1. The van der Waals surface area contributed by atoms with Gasteiger partial charge in [-0.15, -0.1) is 0 Å². The molecular weight excluding hydrogens is 318 g/mol. The second kappa shape index (κ2) is 6.29. The first-order chi connectivity index (χ1) is 11.1. The Morgan fingerprint density at radius 2 is 2.17 bits per heavy atom. The van der Waals surface area contributed by atoms with Crippen molar-refractivity contribution in [3.8, 4) is 0 Å². The van der Waals surface area contributed by atoms with Gasteiger partial charge >= 0.3 is 5.97 Å². The van der Waals surface area contributed by atoms with E-state index in [1.165, 1.54) is 29.8 Å². The fourth-order valence-electron chi connectivity index (χ4n) is 2.20. The van der Waals surface area contributed by atoms with Crippen molar-refractivity contribution < 1.29 is 23.5 Å². The lowest BCUT2D eigenvalue weighted by Gasteiger charge is -2.14. The molecule has 0 radical (unpaired) electrons. The van der Waals surface area contributed by atoms with Gasteiger partial charge in [-0.3, -0.25) is 14.5 Å². The van der Waals surface area contributed by atoms with Crippen LogP contribution in [0, 0.1) is 0 Å². The lowest BCUT2D eigenvalue weighted by Crippen LogP contribution is -2.30. The molecule has 0 N–H and O–H groups in total. The largest absolute Gasteiger partial charge is 0.466 e. The van der Waals surface area contributed by atoms with Gasteiger partial charge in [0.25, 0.3) is 0 Å². The van der Waals surface area contributed by atoms with Gasteiger partial charge < -0.3 is 9.15 Å². The van der Waals surface area contributed by atoms with E-state index in [0.717, 1.165) is 5.39 Å². The van der Waals surface area contributed by atoms with Crippen LogP contribution in [0.15, 0.2) is 45.9 Å². The Kier molecular flexibility index (Phi) is 4.20. The minimum absolute atomic E-state index is 0.172. The van der Waals surface area contributed by atoms with Crippen molar-refractivity contribution >= 4 is 40.4 Å². The van der Waals surface area contributed by atoms with Gasteiger partial charge in [-0.1, -0.05) is 30.0 Å². The zero-order chi connectivity index (χ0) is 16.4. The number of Topliss-reactive ketones (excluding diaryl/α,β-unsaturated/α-hetero) is 1. The van der Waals surface area contributed by atoms with Gasteiger partial charge in [0.1, 0.15) is 5.58 Å². The maximum atomic E-state index is 12.4. The molecule has 0 bridgehead atoms. The number of nitrogens with zero attached hydrogens (tertiary/aromatic N) is 1. The Balaban J connectivity index is 1.81. The lowest BCUT2D eigenvalue weighted by molar-refractivity contribution is -0.134. The van der Waals surface area contributed by atoms with Gasteiger partial charge in [0.2, 0.25) is 11.7 Å². The Labute approximate surface area is 136 Å². The molecule has 0 unspecified atom stereocenters. The molecule has 2 heterocycles. The third kappa shape index (κ3) is 3.14. The number of carbonyl (C=O) groups excluding carboxylic acids is 3. The van der Waals surface area contributed by atoms with E-state index >= 15 is 0 Å². The number of hydrogen-bond donors (Lipinski definition) is 0. The Bertz CT molecular complexity index is 790. The van der Waals surface area contributed by atoms with Gasteiger partial charge in [-0.25, -0.2) is 4.79 Å². The van der Waals surface area contributed by atoms with Crippen LogP contribution in [-0.4, -0.2) is 42.0 Å². The van der Waals surface area contributed by atoms with Crippen molar-refractivity contribution in [2.75, 3.05) is 19.4 Å². The second-order valence-corrected chi connectivity index (χ2v) is 5.84. The number of rotatable bonds is 4. The van der Waals surface area contributed by atoms with Crippen LogP contribution < -0.4 is 0 Å². The van der Waals surface area contributed by atoms with Crippen molar-refractivity contribution in [1.82, 2.24) is 4.90 Å². The monoisotopic (exact) mass is 331 g/mol. The highest BCUT2D eigenvalue weighted by atomic mass is 32.2. The number of thioether (sulfide) groups is 1. The van der Waals surface area contributed by atoms with Gasteiger partial charge in [0, 0.05) is 5.39 Å². The number of carbonyl (C=O) groups is 3. The van der Waals surface area contributed by atoms with E-state index in [-0.39, 0.29) is 29.7 Å². The third-order valence-corrected chi connectivity index (χ3v) is 4.38. The summed E-state index contributed by atoms with van der Waals surface area (Å²) < 4.78 is 10.1. The van der Waals surface area contributed by atoms with Crippen LogP contribution in [0.4, 0.5) is 0 Å². The van der Waals surface area contributed by atoms with E-state index in [0.29, 0.717) is 10.6 Å². The van der Waals surface area contributed by atoms with Crippen molar-refractivity contribution in [3.63, 3.8) is 0 Å². The van der Waals surface area contributed by atoms with Crippen LogP contribution in [-0.2, 0) is 14.3 Å². The molecular formula is C16H13NO5S. The molecule has 1 saturated heterocycles. The molecule has 1 aliphatic rings. The summed E-state index contributed by atoms with van der Waals surface area (Å²) in [5.74, 6) is -0.741. The summed E-state index contributed by atoms with van der Waals surface area (Å²) in [6, 6.07) is 8.93. The van der Waals surface area contributed by atoms with Crippen LogP contribution in [0.2, 0.25) is 0 Å². The second-order valence-electron chi connectivity index (χ2n) is 4.85. The number of fused-ring (bicyclic) bond motifs is 1. The molecule has 1 aromatic heterocycles. The first-order valence-corrected chi connectivity index (χ1v) is 7.81. The number of methoxy groups -OCH3 is 1. The highest BCUT2D eigenvalue weighted by Gasteiger charge is 2.30. The number of hydrogen-bond acceptors (Lipinski definition) is 6. The van der Waals surface area contributed by atoms with Crippen LogP contribution >= 0.6 is 11.8 Å². The van der Waals surface area contributed by atoms with Crippen LogP contribution in [0.25, 0.3) is 11.0 Å². The maximum Gasteiger partial charge on any atom is 0.333 e. The first kappa shape index (κ1) is 15.4. The van der Waals surface area contributed by atoms with E-state index in [9.17, 15) is 14.4 Å². The summed E-state index contributed by atoms with van der Waals surface area (Å²) in [7, 11) is 1.25. The SMILES string of the molecule is COC(=O)/C=C1\SCC(=O)N1CC(=O)c1cc2ccccc2o1. The lowest BCUT2D eigenvalue weighted by atomic mass is 10.2. The number of amides is 1. The highest BCUT2D eigenvalue weighted by Crippen LogP contribution is 2.29. The molecule has 1 aliphatic heterocycles. The topological polar surface area (TPSA) is 76.8 Å². The molecule has 0 aliphatic carbocycles. The maximum absolute atomic E-state index is 12.4. The standard InChI is InChI=1S/C16H13NO5S/c1-21-16(20)7-15-17(14(19)9-23-15)8-11(18)13-6-10-4-2-3-5-12(10)22-13/h2-7H,8-9H2,1H3/b15-7-. The van der Waals surface area contributed by atoms with Crippen LogP contribution in [0.3, 0.4) is 0 Å². The van der Waals surface area contributed by atoms with E-state index < -0.39 is 5.97 Å². The van der Waals surface area contributed by atoms with E-state index in [4.69, 9.17) is 4.42 Å². The number of ketones is 1. The van der Waals surface area contributed by atoms with Crippen LogP contribution in [0.5, 0.6) is 0 Å². The predicted molar refractivity (Wildman–Crippen MR) is 84.8 cm³/mol. The minimum Gasteiger partial charge on any atom is -0.466 e. The van der Waals surface area contributed by atoms with E-state index in [1.54, 1.807) is 12.1 Å². The molecule has 1 fully saturated rings. The summed E-state index contributed by atoms with van der Waals surface area (Å²) >= 11 is 1.20. The summed E-state index contributed by atoms with van der Waals surface area (Å²) in [6.45, 7) is -0.172. The minimum atomic E-state index is -0.566. The summed E-state index contributed by atoms with van der Waals surface area (Å²) in [5, 5.41) is 1.23. The van der Waals surface area contributed by atoms with Crippen molar-refractivity contribution in [3.05, 3.63) is 47.2 Å². The predicted octanol–water partition coefficient (Wildman–Crippen LogP) is 2.21. The molecule has 1 aromatic carbocycles. The third-order valence-electron chi connectivity index (χ3n) is 3.36.